The molecule has 0 unspecified atom stereocenters. The topological polar surface area (TPSA) is 88.5 Å². The Labute approximate surface area is 179 Å². The maximum absolute atomic E-state index is 13.2. The fraction of sp³-hybridized carbons (Fsp3) is 0.0952. The van der Waals surface area contributed by atoms with Crippen molar-refractivity contribution in [3.05, 3.63) is 84.8 Å². The van der Waals surface area contributed by atoms with Crippen LogP contribution < -0.4 is 10.6 Å². The summed E-state index contributed by atoms with van der Waals surface area (Å²) in [6.45, 7) is 1.96. The molecule has 0 saturated heterocycles. The number of halogens is 2. The van der Waals surface area contributed by atoms with Gasteiger partial charge in [0.15, 0.2) is 0 Å². The predicted molar refractivity (Wildman–Crippen MR) is 116 cm³/mol. The van der Waals surface area contributed by atoms with E-state index in [4.69, 9.17) is 0 Å². The van der Waals surface area contributed by atoms with E-state index in [1.807, 2.05) is 25.1 Å². The highest BCUT2D eigenvalue weighted by atomic mass is 35.5. The molecule has 1 atom stereocenters. The van der Waals surface area contributed by atoms with Gasteiger partial charge in [-0.2, -0.15) is 4.98 Å². The van der Waals surface area contributed by atoms with E-state index in [0.717, 1.165) is 11.1 Å². The van der Waals surface area contributed by atoms with Crippen molar-refractivity contribution < 1.29 is 4.39 Å². The highest BCUT2D eigenvalue weighted by Gasteiger charge is 2.12. The molecule has 7 nitrogen and oxygen atoms in total. The lowest BCUT2D eigenvalue weighted by atomic mass is 10.1. The molecular weight excluding hydrogens is 405 g/mol. The molecule has 9 heteroatoms. The summed E-state index contributed by atoms with van der Waals surface area (Å²) in [6.07, 6.45) is 8.26. The minimum absolute atomic E-state index is 0. The zero-order valence-electron chi connectivity index (χ0n) is 16.0. The lowest BCUT2D eigenvalue weighted by Crippen LogP contribution is -2.11. The molecule has 4 aromatic rings. The molecule has 4 rings (SSSR count). The average Bonchev–Trinajstić information content (AvgIpc) is 2.75. The van der Waals surface area contributed by atoms with Gasteiger partial charge in [-0.3, -0.25) is 9.97 Å². The van der Waals surface area contributed by atoms with Crippen molar-refractivity contribution >= 4 is 30.0 Å². The second kappa shape index (κ2) is 9.71. The van der Waals surface area contributed by atoms with Gasteiger partial charge in [-0.25, -0.2) is 14.4 Å². The Morgan fingerprint density at radius 2 is 1.70 bits per heavy atom. The van der Waals surface area contributed by atoms with E-state index in [9.17, 15) is 4.39 Å². The molecule has 0 aliphatic rings. The Kier molecular flexibility index (Phi) is 6.82. The minimum atomic E-state index is -0.272. The van der Waals surface area contributed by atoms with Crippen LogP contribution in [0.25, 0.3) is 11.3 Å². The number of pyridine rings is 1. The van der Waals surface area contributed by atoms with E-state index in [1.165, 1.54) is 12.1 Å². The Morgan fingerprint density at radius 1 is 0.900 bits per heavy atom. The average molecular weight is 424 g/mol. The van der Waals surface area contributed by atoms with Crippen molar-refractivity contribution in [2.45, 2.75) is 13.0 Å². The Morgan fingerprint density at radius 3 is 2.40 bits per heavy atom. The number of nitrogens with one attached hydrogen (secondary N) is 2. The zero-order chi connectivity index (χ0) is 20.1. The molecule has 1 aromatic carbocycles. The fourth-order valence-electron chi connectivity index (χ4n) is 2.76. The SMILES string of the molecule is C[C@H](Nc1nc(Nc2cnccn2)cc(-c2cccnc2)n1)c1ccc(F)cc1.Cl. The van der Waals surface area contributed by atoms with Crippen molar-refractivity contribution in [1.82, 2.24) is 24.9 Å². The molecule has 0 aliphatic carbocycles. The fourth-order valence-corrected chi connectivity index (χ4v) is 2.76. The maximum atomic E-state index is 13.2. The van der Waals surface area contributed by atoms with Crippen LogP contribution in [0.15, 0.2) is 73.4 Å². The van der Waals surface area contributed by atoms with Crippen LogP contribution in [0.5, 0.6) is 0 Å². The van der Waals surface area contributed by atoms with E-state index in [-0.39, 0.29) is 24.3 Å². The van der Waals surface area contributed by atoms with Crippen LogP contribution >= 0.6 is 12.4 Å². The lowest BCUT2D eigenvalue weighted by molar-refractivity contribution is 0.626. The summed E-state index contributed by atoms with van der Waals surface area (Å²) in [5, 5.41) is 6.41. The van der Waals surface area contributed by atoms with Gasteiger partial charge in [0.1, 0.15) is 17.5 Å². The van der Waals surface area contributed by atoms with Gasteiger partial charge in [0.05, 0.1) is 17.9 Å². The summed E-state index contributed by atoms with van der Waals surface area (Å²) >= 11 is 0. The third-order valence-corrected chi connectivity index (χ3v) is 4.22. The number of benzene rings is 1. The van der Waals surface area contributed by atoms with Gasteiger partial charge >= 0.3 is 0 Å². The molecule has 0 bridgehead atoms. The number of anilines is 3. The van der Waals surface area contributed by atoms with Crippen molar-refractivity contribution in [1.29, 1.82) is 0 Å². The van der Waals surface area contributed by atoms with Gasteiger partial charge in [-0.05, 0) is 36.8 Å². The van der Waals surface area contributed by atoms with Crippen molar-refractivity contribution in [2.75, 3.05) is 10.6 Å². The molecule has 0 amide bonds. The summed E-state index contributed by atoms with van der Waals surface area (Å²) < 4.78 is 13.2. The number of hydrogen-bond donors (Lipinski definition) is 2. The third kappa shape index (κ3) is 5.24. The number of hydrogen-bond acceptors (Lipinski definition) is 7. The normalized spacial score (nSPS) is 11.3. The summed E-state index contributed by atoms with van der Waals surface area (Å²) in [7, 11) is 0. The van der Waals surface area contributed by atoms with Crippen molar-refractivity contribution in [2.24, 2.45) is 0 Å². The summed E-state index contributed by atoms with van der Waals surface area (Å²) in [5.41, 5.74) is 2.48. The van der Waals surface area contributed by atoms with Crippen LogP contribution in [0.4, 0.5) is 22.0 Å². The van der Waals surface area contributed by atoms with Crippen LogP contribution in [-0.4, -0.2) is 24.9 Å². The third-order valence-electron chi connectivity index (χ3n) is 4.22. The lowest BCUT2D eigenvalue weighted by Gasteiger charge is -2.16. The van der Waals surface area contributed by atoms with Crippen LogP contribution in [0.1, 0.15) is 18.5 Å². The minimum Gasteiger partial charge on any atom is -0.348 e. The van der Waals surface area contributed by atoms with Gasteiger partial charge in [0, 0.05) is 36.4 Å². The molecule has 152 valence electrons. The monoisotopic (exact) mass is 423 g/mol. The number of aromatic nitrogens is 5. The van der Waals surface area contributed by atoms with Crippen molar-refractivity contribution in [3.8, 4) is 11.3 Å². The van der Waals surface area contributed by atoms with Gasteiger partial charge in [-0.1, -0.05) is 12.1 Å². The molecule has 0 fully saturated rings. The molecule has 0 saturated carbocycles. The molecule has 3 aromatic heterocycles. The molecule has 0 spiro atoms. The highest BCUT2D eigenvalue weighted by Crippen LogP contribution is 2.24. The zero-order valence-corrected chi connectivity index (χ0v) is 16.8. The Balaban J connectivity index is 0.00000256. The van der Waals surface area contributed by atoms with Crippen LogP contribution in [0.2, 0.25) is 0 Å². The summed E-state index contributed by atoms with van der Waals surface area (Å²) in [5.74, 6) is 1.29. The van der Waals surface area contributed by atoms with Gasteiger partial charge < -0.3 is 10.6 Å². The maximum Gasteiger partial charge on any atom is 0.225 e. The molecular formula is C21H19ClFN7. The van der Waals surface area contributed by atoms with Crippen molar-refractivity contribution in [3.63, 3.8) is 0 Å². The first-order valence-corrected chi connectivity index (χ1v) is 9.02. The Bertz CT molecular complexity index is 1080. The first-order chi connectivity index (χ1) is 14.2. The largest absolute Gasteiger partial charge is 0.348 e. The van der Waals surface area contributed by atoms with Gasteiger partial charge in [-0.15, -0.1) is 12.4 Å². The van der Waals surface area contributed by atoms with Gasteiger partial charge in [0.25, 0.3) is 0 Å². The van der Waals surface area contributed by atoms with Gasteiger partial charge in [0.2, 0.25) is 5.95 Å². The predicted octanol–water partition coefficient (Wildman–Crippen LogP) is 4.81. The second-order valence-electron chi connectivity index (χ2n) is 6.34. The molecule has 3 heterocycles. The van der Waals surface area contributed by atoms with E-state index in [2.05, 4.69) is 35.6 Å². The molecule has 0 radical (unpaired) electrons. The first-order valence-electron chi connectivity index (χ1n) is 9.02. The first kappa shape index (κ1) is 21.1. The second-order valence-corrected chi connectivity index (χ2v) is 6.34. The van der Waals surface area contributed by atoms with E-state index < -0.39 is 0 Å². The highest BCUT2D eigenvalue weighted by molar-refractivity contribution is 5.85. The van der Waals surface area contributed by atoms with Crippen LogP contribution in [0, 0.1) is 5.82 Å². The van der Waals surface area contributed by atoms with E-state index in [1.54, 1.807) is 43.1 Å². The quantitative estimate of drug-likeness (QED) is 0.460. The van der Waals surface area contributed by atoms with Crippen LogP contribution in [0.3, 0.4) is 0 Å². The van der Waals surface area contributed by atoms with Crippen LogP contribution in [-0.2, 0) is 0 Å². The standard InChI is InChI=1S/C21H18FN7.ClH/c1-14(15-4-6-17(22)7-5-15)26-21-27-18(16-3-2-8-23-12-16)11-19(29-21)28-20-13-24-9-10-25-20;/h2-14H,1H3,(H2,25,26,27,28,29);1H/t14-;/m0./s1. The molecule has 2 N–H and O–H groups in total. The number of rotatable bonds is 6. The number of nitrogens with zero attached hydrogens (tertiary/aromatic N) is 5. The molecule has 0 aliphatic heterocycles. The Hall–Kier alpha value is -3.65. The smallest absolute Gasteiger partial charge is 0.225 e. The summed E-state index contributed by atoms with van der Waals surface area (Å²) in [4.78, 5) is 21.6. The molecule has 30 heavy (non-hydrogen) atoms. The van der Waals surface area contributed by atoms with E-state index in [0.29, 0.717) is 23.3 Å². The van der Waals surface area contributed by atoms with E-state index >= 15 is 0 Å². The summed E-state index contributed by atoms with van der Waals surface area (Å²) in [6, 6.07) is 11.8.